The second-order valence-electron chi connectivity index (χ2n) is 3.60. The van der Waals surface area contributed by atoms with Crippen LogP contribution >= 0.6 is 0 Å². The number of aromatic amines is 1. The van der Waals surface area contributed by atoms with Crippen LogP contribution in [0.2, 0.25) is 0 Å². The maximum absolute atomic E-state index is 11.7. The number of likely N-dealkylation sites (N-methyl/N-ethyl adjacent to an activating group) is 1. The molecule has 0 saturated carbocycles. The number of H-pyrrole nitrogens is 1. The number of aromatic nitrogens is 1. The number of ketones is 1. The van der Waals surface area contributed by atoms with E-state index in [1.54, 1.807) is 11.9 Å². The lowest BCUT2D eigenvalue weighted by Crippen LogP contribution is -2.27. The van der Waals surface area contributed by atoms with Gasteiger partial charge in [0, 0.05) is 19.0 Å². The molecule has 1 N–H and O–H groups in total. The van der Waals surface area contributed by atoms with Crippen molar-refractivity contribution in [2.75, 3.05) is 20.1 Å². The molecule has 0 amide bonds. The van der Waals surface area contributed by atoms with Crippen molar-refractivity contribution in [3.05, 3.63) is 28.1 Å². The number of nitro groups is 1. The largest absolute Gasteiger partial charge is 0.353 e. The molecule has 17 heavy (non-hydrogen) atoms. The average molecular weight is 236 g/mol. The van der Waals surface area contributed by atoms with Crippen molar-refractivity contribution in [3.8, 4) is 6.07 Å². The van der Waals surface area contributed by atoms with Crippen molar-refractivity contribution in [1.29, 1.82) is 5.26 Å². The minimum atomic E-state index is -0.563. The molecule has 90 valence electrons. The maximum Gasteiger partial charge on any atom is 0.287 e. The summed E-state index contributed by atoms with van der Waals surface area (Å²) in [5, 5.41) is 18.8. The number of carbonyl (C=O) groups excluding carboxylic acids is 1. The van der Waals surface area contributed by atoms with E-state index in [2.05, 4.69) is 4.98 Å². The van der Waals surface area contributed by atoms with E-state index in [9.17, 15) is 14.9 Å². The van der Waals surface area contributed by atoms with E-state index in [1.807, 2.05) is 6.07 Å². The van der Waals surface area contributed by atoms with E-state index in [1.165, 1.54) is 12.3 Å². The molecule has 0 radical (unpaired) electrons. The Bertz CT molecular complexity index is 460. The minimum absolute atomic E-state index is 0.124. The number of hydrogen-bond donors (Lipinski definition) is 1. The van der Waals surface area contributed by atoms with Gasteiger partial charge >= 0.3 is 0 Å². The maximum atomic E-state index is 11.7. The first-order valence-electron chi connectivity index (χ1n) is 4.96. The predicted octanol–water partition coefficient (Wildman–Crippen LogP) is 0.951. The van der Waals surface area contributed by atoms with Crippen molar-refractivity contribution in [2.45, 2.75) is 6.42 Å². The lowest BCUT2D eigenvalue weighted by atomic mass is 10.2. The van der Waals surface area contributed by atoms with Crippen LogP contribution in [0.3, 0.4) is 0 Å². The van der Waals surface area contributed by atoms with E-state index < -0.39 is 4.92 Å². The average Bonchev–Trinajstić information content (AvgIpc) is 2.75. The lowest BCUT2D eigenvalue weighted by molar-refractivity contribution is -0.384. The molecule has 0 saturated heterocycles. The van der Waals surface area contributed by atoms with Crippen LogP contribution in [0.5, 0.6) is 0 Å². The highest BCUT2D eigenvalue weighted by atomic mass is 16.6. The Hall–Kier alpha value is -2.20. The number of nitrogens with zero attached hydrogens (tertiary/aromatic N) is 3. The summed E-state index contributed by atoms with van der Waals surface area (Å²) in [5.74, 6) is -0.237. The molecule has 7 nitrogen and oxygen atoms in total. The van der Waals surface area contributed by atoms with E-state index in [-0.39, 0.29) is 23.7 Å². The smallest absolute Gasteiger partial charge is 0.287 e. The first kappa shape index (κ1) is 12.9. The van der Waals surface area contributed by atoms with Crippen molar-refractivity contribution in [2.24, 2.45) is 0 Å². The van der Waals surface area contributed by atoms with Crippen LogP contribution in [0, 0.1) is 21.4 Å². The van der Waals surface area contributed by atoms with Gasteiger partial charge < -0.3 is 4.98 Å². The summed E-state index contributed by atoms with van der Waals surface area (Å²) < 4.78 is 0. The van der Waals surface area contributed by atoms with E-state index >= 15 is 0 Å². The summed E-state index contributed by atoms with van der Waals surface area (Å²) in [6, 6.07) is 3.19. The van der Waals surface area contributed by atoms with Crippen molar-refractivity contribution < 1.29 is 9.72 Å². The first-order chi connectivity index (χ1) is 8.04. The number of nitrogens with one attached hydrogen (secondary N) is 1. The molecule has 0 spiro atoms. The Morgan fingerprint density at radius 1 is 1.71 bits per heavy atom. The van der Waals surface area contributed by atoms with E-state index in [4.69, 9.17) is 5.26 Å². The zero-order valence-electron chi connectivity index (χ0n) is 9.34. The zero-order valence-corrected chi connectivity index (χ0v) is 9.34. The van der Waals surface area contributed by atoms with E-state index in [0.29, 0.717) is 13.0 Å². The third-order valence-corrected chi connectivity index (χ3v) is 2.20. The fourth-order valence-electron chi connectivity index (χ4n) is 1.30. The fraction of sp³-hybridized carbons (Fsp3) is 0.400. The molecular weight excluding hydrogens is 224 g/mol. The molecule has 0 aliphatic carbocycles. The highest BCUT2D eigenvalue weighted by Crippen LogP contribution is 2.12. The van der Waals surface area contributed by atoms with Gasteiger partial charge in [0.15, 0.2) is 5.78 Å². The summed E-state index contributed by atoms with van der Waals surface area (Å²) in [6.07, 6.45) is 1.52. The summed E-state index contributed by atoms with van der Waals surface area (Å²) in [4.78, 5) is 25.8. The summed E-state index contributed by atoms with van der Waals surface area (Å²) in [7, 11) is 1.71. The van der Waals surface area contributed by atoms with Crippen LogP contribution in [0.4, 0.5) is 5.69 Å². The molecular formula is C10H12N4O3. The van der Waals surface area contributed by atoms with Gasteiger partial charge in [0.2, 0.25) is 0 Å². The molecule has 0 fully saturated rings. The van der Waals surface area contributed by atoms with Gasteiger partial charge in [-0.3, -0.25) is 19.8 Å². The SMILES string of the molecule is CN(CCC#N)CC(=O)c1cc([N+](=O)[O-])c[nH]1. The normalized spacial score (nSPS) is 10.2. The Morgan fingerprint density at radius 2 is 2.41 bits per heavy atom. The molecule has 1 aromatic rings. The van der Waals surface area contributed by atoms with Crippen LogP contribution < -0.4 is 0 Å². The Kier molecular flexibility index (Phi) is 4.37. The molecule has 1 aromatic heterocycles. The molecule has 1 heterocycles. The quantitative estimate of drug-likeness (QED) is 0.450. The standard InChI is InChI=1S/C10H12N4O3/c1-13(4-2-3-11)7-10(15)9-5-8(6-12-9)14(16)17/h5-6,12H,2,4,7H2,1H3. The molecule has 0 bridgehead atoms. The molecule has 0 atom stereocenters. The number of nitriles is 1. The topological polar surface area (TPSA) is 103 Å². The fourth-order valence-corrected chi connectivity index (χ4v) is 1.30. The Morgan fingerprint density at radius 3 is 2.94 bits per heavy atom. The first-order valence-corrected chi connectivity index (χ1v) is 4.96. The van der Waals surface area contributed by atoms with Gasteiger partial charge in [-0.1, -0.05) is 0 Å². The second-order valence-corrected chi connectivity index (χ2v) is 3.60. The highest BCUT2D eigenvalue weighted by Gasteiger charge is 2.15. The molecule has 1 rings (SSSR count). The predicted molar refractivity (Wildman–Crippen MR) is 59.5 cm³/mol. The molecule has 0 aliphatic rings. The van der Waals surface area contributed by atoms with Crippen molar-refractivity contribution >= 4 is 11.5 Å². The monoisotopic (exact) mass is 236 g/mol. The van der Waals surface area contributed by atoms with Gasteiger partial charge in [-0.15, -0.1) is 0 Å². The zero-order chi connectivity index (χ0) is 12.8. The Labute approximate surface area is 97.8 Å². The molecule has 0 aromatic carbocycles. The highest BCUT2D eigenvalue weighted by molar-refractivity contribution is 5.96. The summed E-state index contributed by atoms with van der Waals surface area (Å²) in [5.41, 5.74) is 0.0773. The molecule has 0 unspecified atom stereocenters. The number of rotatable bonds is 6. The second kappa shape index (κ2) is 5.77. The molecule has 7 heteroatoms. The van der Waals surface area contributed by atoms with Gasteiger partial charge in [0.25, 0.3) is 5.69 Å². The van der Waals surface area contributed by atoms with Crippen molar-refractivity contribution in [1.82, 2.24) is 9.88 Å². The van der Waals surface area contributed by atoms with Crippen LogP contribution in [0.25, 0.3) is 0 Å². The van der Waals surface area contributed by atoms with Crippen molar-refractivity contribution in [3.63, 3.8) is 0 Å². The van der Waals surface area contributed by atoms with Gasteiger partial charge in [-0.25, -0.2) is 0 Å². The van der Waals surface area contributed by atoms with Crippen LogP contribution in [0.15, 0.2) is 12.3 Å². The van der Waals surface area contributed by atoms with Gasteiger partial charge in [0.05, 0.1) is 29.4 Å². The van der Waals surface area contributed by atoms with Crippen LogP contribution in [0.1, 0.15) is 16.9 Å². The van der Waals surface area contributed by atoms with Crippen LogP contribution in [-0.2, 0) is 0 Å². The van der Waals surface area contributed by atoms with Gasteiger partial charge in [-0.05, 0) is 7.05 Å². The minimum Gasteiger partial charge on any atom is -0.353 e. The lowest BCUT2D eigenvalue weighted by Gasteiger charge is -2.12. The third kappa shape index (κ3) is 3.70. The Balaban J connectivity index is 2.58. The van der Waals surface area contributed by atoms with Gasteiger partial charge in [0.1, 0.15) is 0 Å². The van der Waals surface area contributed by atoms with Crippen LogP contribution in [-0.4, -0.2) is 40.7 Å². The van der Waals surface area contributed by atoms with Gasteiger partial charge in [-0.2, -0.15) is 5.26 Å². The molecule has 0 aliphatic heterocycles. The number of hydrogen-bond acceptors (Lipinski definition) is 5. The third-order valence-electron chi connectivity index (χ3n) is 2.20. The number of carbonyl (C=O) groups is 1. The summed E-state index contributed by atoms with van der Waals surface area (Å²) >= 11 is 0. The van der Waals surface area contributed by atoms with E-state index in [0.717, 1.165) is 0 Å². The summed E-state index contributed by atoms with van der Waals surface area (Å²) in [6.45, 7) is 0.615. The number of Topliss-reactive ketones (excluding diaryl/α,β-unsaturated/α-hetero) is 1.